The summed E-state index contributed by atoms with van der Waals surface area (Å²) in [7, 11) is -6.80. The highest BCUT2D eigenvalue weighted by atomic mass is 32.2. The summed E-state index contributed by atoms with van der Waals surface area (Å²) in [5.41, 5.74) is 0. The smallest absolute Gasteiger partial charge is 0.264 e. The van der Waals surface area contributed by atoms with Crippen LogP contribution in [0.2, 0.25) is 0 Å². The van der Waals surface area contributed by atoms with Crippen LogP contribution >= 0.6 is 0 Å². The summed E-state index contributed by atoms with van der Waals surface area (Å²) < 4.78 is 53.0. The van der Waals surface area contributed by atoms with Gasteiger partial charge in [-0.2, -0.15) is 16.8 Å². The Bertz CT molecular complexity index is 430. The second-order valence-corrected chi connectivity index (χ2v) is 7.68. The molecule has 0 aromatic rings. The third-order valence-electron chi connectivity index (χ3n) is 2.62. The average molecular weight is 286 g/mol. The van der Waals surface area contributed by atoms with Gasteiger partial charge < -0.3 is 0 Å². The van der Waals surface area contributed by atoms with Crippen molar-refractivity contribution in [3.05, 3.63) is 0 Å². The lowest BCUT2D eigenvalue weighted by Gasteiger charge is -2.27. The van der Waals surface area contributed by atoms with Crippen LogP contribution in [0.1, 0.15) is 25.7 Å². The largest absolute Gasteiger partial charge is 0.270 e. The van der Waals surface area contributed by atoms with E-state index in [4.69, 9.17) is 8.37 Å². The van der Waals surface area contributed by atoms with Gasteiger partial charge in [0.15, 0.2) is 0 Å². The third kappa shape index (κ3) is 6.97. The zero-order chi connectivity index (χ0) is 13.1. The first kappa shape index (κ1) is 14.9. The van der Waals surface area contributed by atoms with Gasteiger partial charge in [-0.1, -0.05) is 0 Å². The van der Waals surface area contributed by atoms with E-state index in [9.17, 15) is 16.8 Å². The van der Waals surface area contributed by atoms with Crippen LogP contribution in [0.5, 0.6) is 0 Å². The van der Waals surface area contributed by atoms with Gasteiger partial charge in [0.25, 0.3) is 20.2 Å². The van der Waals surface area contributed by atoms with Crippen LogP contribution in [-0.2, 0) is 28.6 Å². The van der Waals surface area contributed by atoms with Gasteiger partial charge >= 0.3 is 0 Å². The zero-order valence-electron chi connectivity index (χ0n) is 9.96. The maximum atomic E-state index is 10.9. The van der Waals surface area contributed by atoms with E-state index in [0.29, 0.717) is 12.8 Å². The van der Waals surface area contributed by atoms with Crippen LogP contribution in [-0.4, -0.2) is 42.1 Å². The fraction of sp³-hybridized carbons (Fsp3) is 1.00. The number of hydrogen-bond acceptors (Lipinski definition) is 6. The lowest BCUT2D eigenvalue weighted by Crippen LogP contribution is -2.26. The first-order valence-corrected chi connectivity index (χ1v) is 9.02. The second kappa shape index (κ2) is 5.64. The molecule has 0 aliphatic heterocycles. The summed E-state index contributed by atoms with van der Waals surface area (Å²) in [4.78, 5) is 0. The molecule has 0 saturated heterocycles. The second-order valence-electron chi connectivity index (χ2n) is 4.43. The van der Waals surface area contributed by atoms with Crippen molar-refractivity contribution in [3.8, 4) is 0 Å². The van der Waals surface area contributed by atoms with Crippen LogP contribution in [0.25, 0.3) is 0 Å². The predicted molar refractivity (Wildman–Crippen MR) is 62.5 cm³/mol. The first-order valence-electron chi connectivity index (χ1n) is 5.38. The summed E-state index contributed by atoms with van der Waals surface area (Å²) in [6.07, 6.45) is 4.44. The average Bonchev–Trinajstić information content (AvgIpc) is 2.13. The topological polar surface area (TPSA) is 86.7 Å². The highest BCUT2D eigenvalue weighted by Gasteiger charge is 2.25. The summed E-state index contributed by atoms with van der Waals surface area (Å²) in [6.45, 7) is 0.171. The number of hydrogen-bond donors (Lipinski definition) is 0. The molecule has 1 rings (SSSR count). The van der Waals surface area contributed by atoms with E-state index < -0.39 is 20.2 Å². The highest BCUT2D eigenvalue weighted by molar-refractivity contribution is 7.86. The number of rotatable bonds is 5. The fourth-order valence-corrected chi connectivity index (χ4v) is 2.99. The Hall–Kier alpha value is -0.180. The summed E-state index contributed by atoms with van der Waals surface area (Å²) >= 11 is 0. The molecule has 0 amide bonds. The van der Waals surface area contributed by atoms with Crippen LogP contribution in [0.15, 0.2) is 0 Å². The third-order valence-corrected chi connectivity index (χ3v) is 3.81. The van der Waals surface area contributed by atoms with E-state index in [2.05, 4.69) is 0 Å². The molecular weight excluding hydrogens is 268 g/mol. The molecule has 8 heteroatoms. The van der Waals surface area contributed by atoms with Gasteiger partial charge in [-0.25, -0.2) is 0 Å². The van der Waals surface area contributed by atoms with Crippen LogP contribution in [0.3, 0.4) is 0 Å². The maximum absolute atomic E-state index is 10.9. The van der Waals surface area contributed by atoms with Crippen molar-refractivity contribution in [2.75, 3.05) is 19.1 Å². The van der Waals surface area contributed by atoms with Crippen LogP contribution < -0.4 is 0 Å². The molecule has 1 aliphatic carbocycles. The minimum Gasteiger partial charge on any atom is -0.270 e. The molecule has 1 saturated carbocycles. The molecular formula is C9H18O6S2. The Morgan fingerprint density at radius 2 is 1.47 bits per heavy atom. The Morgan fingerprint density at radius 1 is 0.941 bits per heavy atom. The maximum Gasteiger partial charge on any atom is 0.264 e. The first-order chi connectivity index (χ1) is 7.66. The molecule has 17 heavy (non-hydrogen) atoms. The van der Waals surface area contributed by atoms with E-state index in [0.717, 1.165) is 25.4 Å². The Kier molecular flexibility index (Phi) is 4.94. The molecule has 0 N–H and O–H groups in total. The quantitative estimate of drug-likeness (QED) is 0.684. The molecule has 6 nitrogen and oxygen atoms in total. The van der Waals surface area contributed by atoms with Gasteiger partial charge in [-0.15, -0.1) is 0 Å². The van der Waals surface area contributed by atoms with Crippen molar-refractivity contribution in [3.63, 3.8) is 0 Å². The minimum atomic E-state index is -3.40. The normalized spacial score (nSPS) is 26.9. The van der Waals surface area contributed by atoms with Crippen molar-refractivity contribution in [1.82, 2.24) is 0 Å². The van der Waals surface area contributed by atoms with Gasteiger partial charge in [0.1, 0.15) is 0 Å². The molecule has 0 radical (unpaired) electrons. The van der Waals surface area contributed by atoms with Crippen molar-refractivity contribution in [2.45, 2.75) is 31.8 Å². The monoisotopic (exact) mass is 286 g/mol. The molecule has 0 bridgehead atoms. The predicted octanol–water partition coefficient (Wildman–Crippen LogP) is 0.498. The van der Waals surface area contributed by atoms with Crippen molar-refractivity contribution in [1.29, 1.82) is 0 Å². The van der Waals surface area contributed by atoms with E-state index in [1.807, 2.05) is 0 Å². The molecule has 0 aromatic heterocycles. The van der Waals surface area contributed by atoms with Gasteiger partial charge in [0.2, 0.25) is 0 Å². The van der Waals surface area contributed by atoms with Crippen LogP contribution in [0, 0.1) is 5.92 Å². The minimum absolute atomic E-state index is 0.157. The molecule has 0 spiro atoms. The van der Waals surface area contributed by atoms with E-state index >= 15 is 0 Å². The standard InChI is InChI=1S/C9H18O6S2/c1-16(10,11)14-7-8-3-5-9(6-4-8)15-17(2,12)13/h8-9H,3-7H2,1-2H3. The molecule has 0 unspecified atom stereocenters. The molecule has 102 valence electrons. The van der Waals surface area contributed by atoms with Crippen molar-refractivity contribution >= 4 is 20.2 Å². The van der Waals surface area contributed by atoms with Crippen molar-refractivity contribution < 1.29 is 25.2 Å². The zero-order valence-corrected chi connectivity index (χ0v) is 11.6. The molecule has 1 aliphatic rings. The molecule has 0 heterocycles. The van der Waals surface area contributed by atoms with Gasteiger partial charge in [0, 0.05) is 0 Å². The van der Waals surface area contributed by atoms with Crippen molar-refractivity contribution in [2.24, 2.45) is 5.92 Å². The fourth-order valence-electron chi connectivity index (χ4n) is 1.86. The van der Waals surface area contributed by atoms with E-state index in [1.165, 1.54) is 0 Å². The molecule has 0 aromatic carbocycles. The lowest BCUT2D eigenvalue weighted by atomic mass is 9.88. The Morgan fingerprint density at radius 3 is 1.88 bits per heavy atom. The van der Waals surface area contributed by atoms with Gasteiger partial charge in [-0.05, 0) is 31.6 Å². The summed E-state index contributed by atoms with van der Waals surface area (Å²) in [5.74, 6) is 0.157. The SMILES string of the molecule is CS(=O)(=O)OCC1CCC(OS(C)(=O)=O)CC1. The summed E-state index contributed by atoms with van der Waals surface area (Å²) in [6, 6.07) is 0. The lowest BCUT2D eigenvalue weighted by molar-refractivity contribution is 0.117. The molecule has 1 fully saturated rings. The van der Waals surface area contributed by atoms with Gasteiger partial charge in [0.05, 0.1) is 25.2 Å². The Balaban J connectivity index is 2.31. The van der Waals surface area contributed by atoms with E-state index in [1.54, 1.807) is 0 Å². The Labute approximate surface area is 103 Å². The highest BCUT2D eigenvalue weighted by Crippen LogP contribution is 2.27. The van der Waals surface area contributed by atoms with E-state index in [-0.39, 0.29) is 18.6 Å². The van der Waals surface area contributed by atoms with Crippen LogP contribution in [0.4, 0.5) is 0 Å². The molecule has 0 atom stereocenters. The summed E-state index contributed by atoms with van der Waals surface area (Å²) in [5, 5.41) is 0. The van der Waals surface area contributed by atoms with Gasteiger partial charge in [-0.3, -0.25) is 8.37 Å².